The number of methoxy groups -OCH3 is 1. The van der Waals surface area contributed by atoms with Crippen LogP contribution >= 0.6 is 22.7 Å². The molecule has 0 spiro atoms. The van der Waals surface area contributed by atoms with Gasteiger partial charge in [-0.2, -0.15) is 5.26 Å². The van der Waals surface area contributed by atoms with Crippen LogP contribution in [-0.2, 0) is 20.8 Å². The summed E-state index contributed by atoms with van der Waals surface area (Å²) in [6.07, 6.45) is 4.25. The number of carbonyl (C=O) groups excluding carboxylic acids is 1. The monoisotopic (exact) mass is 433 g/mol. The van der Waals surface area contributed by atoms with E-state index in [0.29, 0.717) is 41.9 Å². The smallest absolute Gasteiger partial charge is 0.269 e. The molecule has 1 aliphatic rings. The summed E-state index contributed by atoms with van der Waals surface area (Å²) in [5.74, 6) is -0.479. The number of carbonyl (C=O) groups is 1. The molecule has 7 nitrogen and oxygen atoms in total. The van der Waals surface area contributed by atoms with Gasteiger partial charge in [-0.3, -0.25) is 14.2 Å². The predicted octanol–water partition coefficient (Wildman–Crippen LogP) is 0.806. The van der Waals surface area contributed by atoms with Crippen LogP contribution in [0.1, 0.15) is 24.1 Å². The molecule has 1 saturated heterocycles. The summed E-state index contributed by atoms with van der Waals surface area (Å²) in [4.78, 5) is 26.6. The van der Waals surface area contributed by atoms with Crippen molar-refractivity contribution in [2.24, 2.45) is 0 Å². The number of ether oxygens (including phenoxy) is 2. The number of nitrogens with one attached hydrogen (secondary N) is 1. The zero-order valence-electron chi connectivity index (χ0n) is 16.2. The number of rotatable bonds is 8. The third kappa shape index (κ3) is 5.42. The summed E-state index contributed by atoms with van der Waals surface area (Å²) in [7, 11) is 1.60. The fraction of sp³-hybridized carbons (Fsp3) is 0.450. The van der Waals surface area contributed by atoms with Crippen LogP contribution in [0.5, 0.6) is 0 Å². The summed E-state index contributed by atoms with van der Waals surface area (Å²) >= 11 is 2.69. The molecule has 0 bridgehead atoms. The zero-order valence-corrected chi connectivity index (χ0v) is 17.8. The lowest BCUT2D eigenvalue weighted by molar-refractivity contribution is -0.116. The molecule has 2 aromatic rings. The van der Waals surface area contributed by atoms with E-state index in [9.17, 15) is 14.9 Å². The number of amides is 1. The van der Waals surface area contributed by atoms with Crippen molar-refractivity contribution >= 4 is 40.2 Å². The first-order valence-corrected chi connectivity index (χ1v) is 11.1. The first-order valence-electron chi connectivity index (χ1n) is 9.42. The van der Waals surface area contributed by atoms with Crippen LogP contribution in [0.2, 0.25) is 0 Å². The van der Waals surface area contributed by atoms with Crippen molar-refractivity contribution in [3.63, 3.8) is 0 Å². The molecular formula is C20H23N3O4S2. The Bertz CT molecular complexity index is 1040. The van der Waals surface area contributed by atoms with E-state index in [1.165, 1.54) is 27.2 Å². The van der Waals surface area contributed by atoms with E-state index in [1.54, 1.807) is 13.2 Å². The molecule has 2 aromatic heterocycles. The molecular weight excluding hydrogens is 410 g/mol. The Labute approximate surface area is 176 Å². The Hall–Kier alpha value is -2.25. The molecule has 154 valence electrons. The molecule has 29 heavy (non-hydrogen) atoms. The maximum atomic E-state index is 13.0. The molecule has 1 unspecified atom stereocenters. The molecule has 0 aromatic carbocycles. The number of thiophene rings is 1. The van der Waals surface area contributed by atoms with E-state index in [2.05, 4.69) is 5.32 Å². The SMILES string of the molecule is COCCCn1c(=O)/c(=C\c2cccs2)s/c1=C(/C#N)C(=O)NCC1CCCO1. The van der Waals surface area contributed by atoms with Crippen LogP contribution in [0, 0.1) is 11.3 Å². The number of nitrogens with zero attached hydrogens (tertiary/aromatic N) is 2. The molecule has 3 rings (SSSR count). The third-order valence-corrected chi connectivity index (χ3v) is 6.47. The van der Waals surface area contributed by atoms with E-state index < -0.39 is 5.91 Å². The van der Waals surface area contributed by atoms with Crippen molar-refractivity contribution in [2.75, 3.05) is 26.9 Å². The summed E-state index contributed by atoms with van der Waals surface area (Å²) < 4.78 is 13.0. The van der Waals surface area contributed by atoms with Crippen LogP contribution < -0.4 is 20.1 Å². The molecule has 0 radical (unpaired) electrons. The van der Waals surface area contributed by atoms with E-state index in [0.717, 1.165) is 17.7 Å². The van der Waals surface area contributed by atoms with Gasteiger partial charge in [0, 0.05) is 38.3 Å². The van der Waals surface area contributed by atoms with Crippen molar-refractivity contribution in [3.05, 3.63) is 41.9 Å². The maximum absolute atomic E-state index is 13.0. The van der Waals surface area contributed by atoms with Crippen LogP contribution in [0.15, 0.2) is 22.3 Å². The minimum Gasteiger partial charge on any atom is -0.385 e. The average molecular weight is 434 g/mol. The normalized spacial score (nSPS) is 17.9. The Morgan fingerprint density at radius 2 is 2.41 bits per heavy atom. The Morgan fingerprint density at radius 1 is 1.55 bits per heavy atom. The second-order valence-electron chi connectivity index (χ2n) is 6.57. The fourth-order valence-corrected chi connectivity index (χ4v) is 4.92. The highest BCUT2D eigenvalue weighted by molar-refractivity contribution is 7.11. The second-order valence-corrected chi connectivity index (χ2v) is 8.58. The van der Waals surface area contributed by atoms with Gasteiger partial charge in [-0.15, -0.1) is 22.7 Å². The Balaban J connectivity index is 1.99. The van der Waals surface area contributed by atoms with Gasteiger partial charge in [0.1, 0.15) is 10.7 Å². The lowest BCUT2D eigenvalue weighted by atomic mass is 10.2. The topological polar surface area (TPSA) is 93.4 Å². The summed E-state index contributed by atoms with van der Waals surface area (Å²) in [6, 6.07) is 5.82. The highest BCUT2D eigenvalue weighted by Crippen LogP contribution is 2.11. The Morgan fingerprint density at radius 3 is 3.07 bits per heavy atom. The highest BCUT2D eigenvalue weighted by atomic mass is 32.1. The molecule has 0 saturated carbocycles. The minimum atomic E-state index is -0.479. The van der Waals surface area contributed by atoms with Crippen molar-refractivity contribution < 1.29 is 14.3 Å². The standard InChI is InChI=1S/C20H23N3O4S2/c1-26-8-4-7-23-19(25)17(11-15-6-3-10-28-15)29-20(23)16(12-21)18(24)22-13-14-5-2-9-27-14/h3,6,10-11,14H,2,4-5,7-9,13H2,1H3,(H,22,24)/b17-11+,20-16-. The van der Waals surface area contributed by atoms with Gasteiger partial charge in [0.05, 0.1) is 10.6 Å². The van der Waals surface area contributed by atoms with Gasteiger partial charge in [0.25, 0.3) is 11.5 Å². The fourth-order valence-electron chi connectivity index (χ4n) is 3.07. The number of hydrogen-bond acceptors (Lipinski definition) is 7. The number of thiazole rings is 1. The quantitative estimate of drug-likeness (QED) is 0.622. The summed E-state index contributed by atoms with van der Waals surface area (Å²) in [6.45, 7) is 1.92. The third-order valence-electron chi connectivity index (χ3n) is 4.52. The predicted molar refractivity (Wildman–Crippen MR) is 113 cm³/mol. The molecule has 3 heterocycles. The molecule has 0 aliphatic carbocycles. The van der Waals surface area contributed by atoms with Gasteiger partial charge >= 0.3 is 0 Å². The molecule has 1 fully saturated rings. The average Bonchev–Trinajstić information content (AvgIpc) is 3.46. The van der Waals surface area contributed by atoms with Gasteiger partial charge in [-0.05, 0) is 36.8 Å². The largest absolute Gasteiger partial charge is 0.385 e. The highest BCUT2D eigenvalue weighted by Gasteiger charge is 2.20. The first kappa shape index (κ1) is 21.5. The molecule has 9 heteroatoms. The van der Waals surface area contributed by atoms with Crippen molar-refractivity contribution in [3.8, 4) is 6.07 Å². The Kier molecular flexibility index (Phi) is 7.77. The van der Waals surface area contributed by atoms with Gasteiger partial charge < -0.3 is 14.8 Å². The lowest BCUT2D eigenvalue weighted by Gasteiger charge is -2.10. The zero-order chi connectivity index (χ0) is 20.6. The van der Waals surface area contributed by atoms with E-state index in [4.69, 9.17) is 9.47 Å². The van der Waals surface area contributed by atoms with Crippen molar-refractivity contribution in [1.82, 2.24) is 9.88 Å². The lowest BCUT2D eigenvalue weighted by Crippen LogP contribution is -2.37. The number of nitriles is 1. The van der Waals surface area contributed by atoms with Gasteiger partial charge in [-0.25, -0.2) is 0 Å². The molecule has 1 atom stereocenters. The van der Waals surface area contributed by atoms with Crippen LogP contribution in [0.4, 0.5) is 0 Å². The van der Waals surface area contributed by atoms with Gasteiger partial charge in [0.2, 0.25) is 0 Å². The second kappa shape index (κ2) is 10.5. The minimum absolute atomic E-state index is 0.0196. The van der Waals surface area contributed by atoms with Crippen LogP contribution in [0.3, 0.4) is 0 Å². The van der Waals surface area contributed by atoms with Crippen LogP contribution in [-0.4, -0.2) is 43.4 Å². The summed E-state index contributed by atoms with van der Waals surface area (Å²) in [5.41, 5.74) is -0.248. The van der Waals surface area contributed by atoms with E-state index in [-0.39, 0.29) is 17.2 Å². The van der Waals surface area contributed by atoms with E-state index in [1.807, 2.05) is 23.6 Å². The van der Waals surface area contributed by atoms with Gasteiger partial charge in [0.15, 0.2) is 5.57 Å². The maximum Gasteiger partial charge on any atom is 0.269 e. The van der Waals surface area contributed by atoms with Crippen molar-refractivity contribution in [1.29, 1.82) is 5.26 Å². The van der Waals surface area contributed by atoms with Gasteiger partial charge in [-0.1, -0.05) is 6.07 Å². The first-order chi connectivity index (χ1) is 14.1. The van der Waals surface area contributed by atoms with E-state index >= 15 is 0 Å². The summed E-state index contributed by atoms with van der Waals surface area (Å²) in [5, 5.41) is 14.4. The van der Waals surface area contributed by atoms with Crippen LogP contribution in [0.25, 0.3) is 11.6 Å². The molecule has 1 N–H and O–H groups in total. The molecule has 1 aliphatic heterocycles. The van der Waals surface area contributed by atoms with Crippen molar-refractivity contribution in [2.45, 2.75) is 31.9 Å². The number of hydrogen-bond donors (Lipinski definition) is 1. The molecule has 1 amide bonds. The number of aromatic nitrogens is 1.